The summed E-state index contributed by atoms with van der Waals surface area (Å²) in [5.41, 5.74) is 8.18. The molecule has 0 aromatic heterocycles. The van der Waals surface area contributed by atoms with Gasteiger partial charge in [0, 0.05) is 11.4 Å². The van der Waals surface area contributed by atoms with E-state index >= 15 is 0 Å². The smallest absolute Gasteiger partial charge is 0.330 e. The van der Waals surface area contributed by atoms with Crippen molar-refractivity contribution >= 4 is 25.7 Å². The highest BCUT2D eigenvalue weighted by atomic mass is 28.3. The Kier molecular flexibility index (Phi) is 8.42. The predicted octanol–water partition coefficient (Wildman–Crippen LogP) is 8.10. The highest BCUT2D eigenvalue weighted by Crippen LogP contribution is 2.35. The fraction of sp³-hybridized carbons (Fsp3) is 0.400. The molecule has 3 aromatic rings. The lowest BCUT2D eigenvalue weighted by Crippen LogP contribution is -2.47. The van der Waals surface area contributed by atoms with Crippen LogP contribution in [0.5, 0.6) is 0 Å². The van der Waals surface area contributed by atoms with Gasteiger partial charge in [0.2, 0.25) is 0 Å². The Morgan fingerprint density at radius 1 is 0.455 bits per heavy atom. The van der Waals surface area contributed by atoms with Crippen molar-refractivity contribution < 1.29 is 0 Å². The molecule has 0 saturated carbocycles. The van der Waals surface area contributed by atoms with Crippen molar-refractivity contribution in [3.05, 3.63) is 89.0 Å². The standard InChI is InChI=1S/C30H41N2Si/c1-20(2)25-16-12-17-26(21(3)4)29(25)31-33(24-14-10-9-11-15-24)32-30-27(22(5)6)18-13-19-28(30)23(7)8/h9-23,31-32H,1-8H3. The average molecular weight is 458 g/mol. The van der Waals surface area contributed by atoms with Gasteiger partial charge in [-0.15, -0.1) is 0 Å². The molecule has 0 aliphatic heterocycles. The molecule has 3 rings (SSSR count). The van der Waals surface area contributed by atoms with Crippen LogP contribution in [0, 0.1) is 0 Å². The first-order valence-corrected chi connectivity index (χ1v) is 13.9. The molecule has 3 heteroatoms. The van der Waals surface area contributed by atoms with Gasteiger partial charge in [-0.05, 0) is 51.1 Å². The highest BCUT2D eigenvalue weighted by molar-refractivity contribution is 6.79. The van der Waals surface area contributed by atoms with Crippen LogP contribution in [0.2, 0.25) is 0 Å². The van der Waals surface area contributed by atoms with Gasteiger partial charge in [0.25, 0.3) is 0 Å². The maximum absolute atomic E-state index is 4.07. The number of benzene rings is 3. The van der Waals surface area contributed by atoms with Crippen molar-refractivity contribution in [1.82, 2.24) is 0 Å². The first kappa shape index (κ1) is 25.1. The van der Waals surface area contributed by atoms with E-state index in [2.05, 4.69) is 132 Å². The maximum atomic E-state index is 4.07. The minimum Gasteiger partial charge on any atom is -0.390 e. The fourth-order valence-electron chi connectivity index (χ4n) is 4.42. The van der Waals surface area contributed by atoms with Gasteiger partial charge in [0.05, 0.1) is 0 Å². The molecular weight excluding hydrogens is 416 g/mol. The molecule has 2 N–H and O–H groups in total. The lowest BCUT2D eigenvalue weighted by atomic mass is 9.93. The summed E-state index contributed by atoms with van der Waals surface area (Å²) in [6, 6.07) is 24.5. The third-order valence-electron chi connectivity index (χ3n) is 6.31. The summed E-state index contributed by atoms with van der Waals surface area (Å²) < 4.78 is 0. The van der Waals surface area contributed by atoms with Gasteiger partial charge < -0.3 is 9.96 Å². The summed E-state index contributed by atoms with van der Waals surface area (Å²) in [5, 5.41) is 1.34. The molecule has 0 fully saturated rings. The van der Waals surface area contributed by atoms with Crippen molar-refractivity contribution in [3.63, 3.8) is 0 Å². The van der Waals surface area contributed by atoms with Crippen LogP contribution in [0.15, 0.2) is 66.7 Å². The first-order valence-electron chi connectivity index (χ1n) is 12.4. The van der Waals surface area contributed by atoms with Crippen LogP contribution in [0.25, 0.3) is 0 Å². The Morgan fingerprint density at radius 3 is 1.09 bits per heavy atom. The Hall–Kier alpha value is -2.52. The molecule has 0 spiro atoms. The minimum absolute atomic E-state index is 0.458. The SMILES string of the molecule is CC(C)c1cccc(C(C)C)c1N[Si](Nc1c(C(C)C)cccc1C(C)C)c1ccccc1. The number of anilines is 2. The van der Waals surface area contributed by atoms with Crippen LogP contribution in [-0.2, 0) is 0 Å². The molecule has 0 unspecified atom stereocenters. The molecule has 0 aliphatic rings. The van der Waals surface area contributed by atoms with Crippen LogP contribution >= 0.6 is 0 Å². The van der Waals surface area contributed by atoms with Crippen LogP contribution in [0.1, 0.15) is 101 Å². The topological polar surface area (TPSA) is 24.1 Å². The lowest BCUT2D eigenvalue weighted by molar-refractivity contribution is 0.838. The van der Waals surface area contributed by atoms with E-state index in [1.165, 1.54) is 38.8 Å². The summed E-state index contributed by atoms with van der Waals surface area (Å²) in [6.07, 6.45) is 0. The molecular formula is C30H41N2Si. The number of nitrogens with one attached hydrogen (secondary N) is 2. The van der Waals surface area contributed by atoms with Gasteiger partial charge in [-0.3, -0.25) is 0 Å². The van der Waals surface area contributed by atoms with Gasteiger partial charge >= 0.3 is 9.12 Å². The molecule has 33 heavy (non-hydrogen) atoms. The second kappa shape index (κ2) is 11.1. The monoisotopic (exact) mass is 457 g/mol. The summed E-state index contributed by atoms with van der Waals surface area (Å²) in [5.74, 6) is 1.83. The van der Waals surface area contributed by atoms with Crippen molar-refractivity contribution in [1.29, 1.82) is 0 Å². The van der Waals surface area contributed by atoms with E-state index in [0.717, 1.165) is 0 Å². The second-order valence-corrected chi connectivity index (χ2v) is 12.1. The van der Waals surface area contributed by atoms with Crippen molar-refractivity contribution in [2.45, 2.75) is 79.1 Å². The molecule has 1 radical (unpaired) electrons. The Bertz CT molecular complexity index is 920. The second-order valence-electron chi connectivity index (χ2n) is 10.2. The molecule has 175 valence electrons. The van der Waals surface area contributed by atoms with Crippen LogP contribution < -0.4 is 15.2 Å². The Morgan fingerprint density at radius 2 is 0.788 bits per heavy atom. The number of para-hydroxylation sites is 2. The maximum Gasteiger partial charge on any atom is 0.330 e. The van der Waals surface area contributed by atoms with E-state index < -0.39 is 9.12 Å². The van der Waals surface area contributed by atoms with Crippen LogP contribution in [-0.4, -0.2) is 9.12 Å². The molecule has 0 saturated heterocycles. The van der Waals surface area contributed by atoms with Crippen molar-refractivity contribution in [3.8, 4) is 0 Å². The minimum atomic E-state index is -1.35. The third kappa shape index (κ3) is 5.89. The predicted molar refractivity (Wildman–Crippen MR) is 148 cm³/mol. The zero-order valence-corrected chi connectivity index (χ0v) is 22.7. The molecule has 3 aromatic carbocycles. The van der Waals surface area contributed by atoms with E-state index in [9.17, 15) is 0 Å². The fourth-order valence-corrected chi connectivity index (χ4v) is 6.38. The molecule has 0 bridgehead atoms. The van der Waals surface area contributed by atoms with E-state index in [4.69, 9.17) is 0 Å². The van der Waals surface area contributed by atoms with Crippen LogP contribution in [0.4, 0.5) is 11.4 Å². The average Bonchev–Trinajstić information content (AvgIpc) is 2.78. The molecule has 0 heterocycles. The van der Waals surface area contributed by atoms with Crippen molar-refractivity contribution in [2.24, 2.45) is 0 Å². The summed E-state index contributed by atoms with van der Waals surface area (Å²) >= 11 is 0. The number of rotatable bonds is 9. The van der Waals surface area contributed by atoms with E-state index in [-0.39, 0.29) is 0 Å². The molecule has 2 nitrogen and oxygen atoms in total. The van der Waals surface area contributed by atoms with E-state index in [0.29, 0.717) is 23.7 Å². The van der Waals surface area contributed by atoms with Gasteiger partial charge in [-0.25, -0.2) is 0 Å². The quantitative estimate of drug-likeness (QED) is 0.317. The normalized spacial score (nSPS) is 11.8. The van der Waals surface area contributed by atoms with Gasteiger partial charge in [-0.1, -0.05) is 122 Å². The van der Waals surface area contributed by atoms with E-state index in [1.807, 2.05) is 0 Å². The van der Waals surface area contributed by atoms with Crippen molar-refractivity contribution in [2.75, 3.05) is 9.96 Å². The lowest BCUT2D eigenvalue weighted by Gasteiger charge is -2.29. The molecule has 0 atom stereocenters. The van der Waals surface area contributed by atoms with E-state index in [1.54, 1.807) is 0 Å². The third-order valence-corrected chi connectivity index (χ3v) is 8.22. The summed E-state index contributed by atoms with van der Waals surface area (Å²) in [6.45, 7) is 18.3. The Balaban J connectivity index is 2.15. The van der Waals surface area contributed by atoms with Gasteiger partial charge in [0.1, 0.15) is 0 Å². The summed E-state index contributed by atoms with van der Waals surface area (Å²) in [4.78, 5) is 8.13. The molecule has 0 aliphatic carbocycles. The van der Waals surface area contributed by atoms with Gasteiger partial charge in [-0.2, -0.15) is 0 Å². The van der Waals surface area contributed by atoms with Crippen LogP contribution in [0.3, 0.4) is 0 Å². The Labute approximate surface area is 203 Å². The highest BCUT2D eigenvalue weighted by Gasteiger charge is 2.24. The zero-order valence-electron chi connectivity index (χ0n) is 21.7. The molecule has 0 amide bonds. The number of hydrogen-bond acceptors (Lipinski definition) is 2. The first-order chi connectivity index (χ1) is 15.7. The summed E-state index contributed by atoms with van der Waals surface area (Å²) in [7, 11) is -1.35. The zero-order chi connectivity index (χ0) is 24.1. The largest absolute Gasteiger partial charge is 0.390 e. The van der Waals surface area contributed by atoms with Gasteiger partial charge in [0.15, 0.2) is 0 Å². The number of hydrogen-bond donors (Lipinski definition) is 2.